The van der Waals surface area contributed by atoms with Crippen LogP contribution in [0, 0.1) is 3.70 Å². The third kappa shape index (κ3) is 3.56. The minimum Gasteiger partial charge on any atom is -0.444 e. The van der Waals surface area contributed by atoms with Gasteiger partial charge in [0.2, 0.25) is 0 Å². The summed E-state index contributed by atoms with van der Waals surface area (Å²) < 4.78 is 8.01. The average Bonchev–Trinajstić information content (AvgIpc) is 2.81. The van der Waals surface area contributed by atoms with Crippen molar-refractivity contribution in [3.8, 4) is 0 Å². The molecule has 1 aromatic rings. The maximum absolute atomic E-state index is 12.2. The first-order chi connectivity index (χ1) is 8.78. The molecule has 0 radical (unpaired) electrons. The maximum Gasteiger partial charge on any atom is 0.410 e. The van der Waals surface area contributed by atoms with Gasteiger partial charge in [-0.1, -0.05) is 12.8 Å². The molecule has 5 nitrogen and oxygen atoms in total. The summed E-state index contributed by atoms with van der Waals surface area (Å²) >= 11 is 6.50. The van der Waals surface area contributed by atoms with Crippen LogP contribution in [0.3, 0.4) is 0 Å². The van der Waals surface area contributed by atoms with Gasteiger partial charge in [0.05, 0.1) is 6.04 Å². The lowest BCUT2D eigenvalue weighted by Gasteiger charge is -2.28. The van der Waals surface area contributed by atoms with Gasteiger partial charge in [0.1, 0.15) is 15.1 Å². The maximum atomic E-state index is 12.2. The second-order valence-corrected chi connectivity index (χ2v) is 7.13. The zero-order valence-corrected chi connectivity index (χ0v) is 14.3. The summed E-state index contributed by atoms with van der Waals surface area (Å²) in [5, 5.41) is 0. The molecular formula is C12H18IN3O2S. The van der Waals surface area contributed by atoms with Crippen LogP contribution in [0.15, 0.2) is 6.20 Å². The SMILES string of the molecule is CC(C)(C)OC(=O)N1CCC[C@H]1c1nc(I)cn1S. The third-order valence-electron chi connectivity index (χ3n) is 2.86. The van der Waals surface area contributed by atoms with Crippen LogP contribution in [-0.2, 0) is 4.74 Å². The number of rotatable bonds is 1. The molecule has 0 N–H and O–H groups in total. The predicted octanol–water partition coefficient (Wildman–Crippen LogP) is 3.25. The Hall–Kier alpha value is -0.440. The molecule has 0 aromatic carbocycles. The normalized spacial score (nSPS) is 19.8. The van der Waals surface area contributed by atoms with E-state index in [-0.39, 0.29) is 12.1 Å². The molecule has 1 saturated heterocycles. The van der Waals surface area contributed by atoms with Crippen LogP contribution in [0.5, 0.6) is 0 Å². The van der Waals surface area contributed by atoms with E-state index in [1.807, 2.05) is 27.0 Å². The van der Waals surface area contributed by atoms with Crippen molar-refractivity contribution in [1.29, 1.82) is 0 Å². The van der Waals surface area contributed by atoms with Gasteiger partial charge in [0.15, 0.2) is 0 Å². The average molecular weight is 395 g/mol. The number of aromatic nitrogens is 2. The summed E-state index contributed by atoms with van der Waals surface area (Å²) in [6, 6.07) is -0.0455. The van der Waals surface area contributed by atoms with E-state index in [0.717, 1.165) is 22.4 Å². The molecule has 1 atom stereocenters. The minimum atomic E-state index is -0.477. The van der Waals surface area contributed by atoms with E-state index in [9.17, 15) is 4.79 Å². The number of imidazole rings is 1. The fourth-order valence-corrected chi connectivity index (χ4v) is 3.19. The lowest BCUT2D eigenvalue weighted by molar-refractivity contribution is 0.0218. The first-order valence-corrected chi connectivity index (χ1v) is 7.69. The van der Waals surface area contributed by atoms with Gasteiger partial charge in [-0.3, -0.25) is 8.87 Å². The van der Waals surface area contributed by atoms with Crippen molar-refractivity contribution in [3.05, 3.63) is 15.7 Å². The number of carbonyl (C=O) groups is 1. The van der Waals surface area contributed by atoms with Crippen LogP contribution in [0.2, 0.25) is 0 Å². The fourth-order valence-electron chi connectivity index (χ4n) is 2.16. The summed E-state index contributed by atoms with van der Waals surface area (Å²) in [7, 11) is 0. The monoisotopic (exact) mass is 395 g/mol. The fraction of sp³-hybridized carbons (Fsp3) is 0.667. The number of hydrogen-bond acceptors (Lipinski definition) is 4. The standard InChI is InChI=1S/C12H18IN3O2S/c1-12(2,3)18-11(17)15-6-4-5-8(15)10-14-9(13)7-16(10)19/h7-8,19H,4-6H2,1-3H3/t8-/m0/s1. The summed E-state index contributed by atoms with van der Waals surface area (Å²) in [5.41, 5.74) is -0.477. The molecule has 7 heteroatoms. The Morgan fingerprint density at radius 3 is 2.79 bits per heavy atom. The van der Waals surface area contributed by atoms with Crippen molar-refractivity contribution in [1.82, 2.24) is 13.9 Å². The van der Waals surface area contributed by atoms with E-state index < -0.39 is 5.60 Å². The van der Waals surface area contributed by atoms with Crippen molar-refractivity contribution >= 4 is 41.5 Å². The number of carbonyl (C=O) groups excluding carboxylic acids is 1. The molecule has 0 bridgehead atoms. The van der Waals surface area contributed by atoms with Gasteiger partial charge in [0.25, 0.3) is 0 Å². The highest BCUT2D eigenvalue weighted by molar-refractivity contribution is 14.1. The van der Waals surface area contributed by atoms with E-state index in [4.69, 9.17) is 4.74 Å². The Morgan fingerprint density at radius 1 is 1.58 bits per heavy atom. The Kier molecular flexibility index (Phi) is 4.34. The van der Waals surface area contributed by atoms with Gasteiger partial charge in [0, 0.05) is 12.7 Å². The number of nitrogens with zero attached hydrogens (tertiary/aromatic N) is 3. The molecule has 1 aliphatic heterocycles. The van der Waals surface area contributed by atoms with Crippen molar-refractivity contribution in [2.75, 3.05) is 6.54 Å². The largest absolute Gasteiger partial charge is 0.444 e. The molecule has 0 aliphatic carbocycles. The Morgan fingerprint density at radius 2 is 2.26 bits per heavy atom. The quantitative estimate of drug-likeness (QED) is 0.587. The number of likely N-dealkylation sites (tertiary alicyclic amines) is 1. The summed E-state index contributed by atoms with van der Waals surface area (Å²) in [5.74, 6) is 0.802. The van der Waals surface area contributed by atoms with Gasteiger partial charge in [-0.15, -0.1) is 0 Å². The number of halogens is 1. The van der Waals surface area contributed by atoms with Crippen molar-refractivity contribution < 1.29 is 9.53 Å². The molecule has 1 aliphatic rings. The molecule has 1 fully saturated rings. The molecule has 1 aromatic heterocycles. The topological polar surface area (TPSA) is 47.4 Å². The predicted molar refractivity (Wildman–Crippen MR) is 84.2 cm³/mol. The Labute approximate surface area is 132 Å². The highest BCUT2D eigenvalue weighted by atomic mass is 127. The molecule has 2 rings (SSSR count). The van der Waals surface area contributed by atoms with Crippen LogP contribution in [0.1, 0.15) is 45.5 Å². The first kappa shape index (κ1) is 15.0. The van der Waals surface area contributed by atoms with Crippen LogP contribution in [-0.4, -0.2) is 32.1 Å². The first-order valence-electron chi connectivity index (χ1n) is 6.21. The van der Waals surface area contributed by atoms with Crippen molar-refractivity contribution in [2.24, 2.45) is 0 Å². The van der Waals surface area contributed by atoms with E-state index in [2.05, 4.69) is 40.4 Å². The zero-order chi connectivity index (χ0) is 14.2. The Balaban J connectivity index is 2.17. The van der Waals surface area contributed by atoms with E-state index in [1.165, 1.54) is 0 Å². The third-order valence-corrected chi connectivity index (χ3v) is 3.70. The van der Waals surface area contributed by atoms with E-state index >= 15 is 0 Å². The molecule has 106 valence electrons. The molecule has 2 heterocycles. The van der Waals surface area contributed by atoms with Crippen LogP contribution < -0.4 is 0 Å². The molecular weight excluding hydrogens is 377 g/mol. The molecule has 0 spiro atoms. The highest BCUT2D eigenvalue weighted by Gasteiger charge is 2.35. The number of thiol groups is 1. The van der Waals surface area contributed by atoms with Gasteiger partial charge in [-0.25, -0.2) is 9.78 Å². The number of amides is 1. The molecule has 0 unspecified atom stereocenters. The Bertz CT molecular complexity index is 484. The van der Waals surface area contributed by atoms with Crippen LogP contribution >= 0.6 is 35.4 Å². The lowest BCUT2D eigenvalue weighted by Crippen LogP contribution is -2.37. The zero-order valence-electron chi connectivity index (χ0n) is 11.3. The number of hydrogen-bond donors (Lipinski definition) is 1. The van der Waals surface area contributed by atoms with Crippen LogP contribution in [0.25, 0.3) is 0 Å². The minimum absolute atomic E-state index is 0.0455. The lowest BCUT2D eigenvalue weighted by atomic mass is 10.2. The second-order valence-electron chi connectivity index (χ2n) is 5.60. The van der Waals surface area contributed by atoms with E-state index in [0.29, 0.717) is 6.54 Å². The van der Waals surface area contributed by atoms with Crippen molar-refractivity contribution in [2.45, 2.75) is 45.3 Å². The van der Waals surface area contributed by atoms with Gasteiger partial charge in [-0.05, 0) is 56.2 Å². The smallest absolute Gasteiger partial charge is 0.410 e. The van der Waals surface area contributed by atoms with Crippen LogP contribution in [0.4, 0.5) is 4.79 Å². The molecule has 19 heavy (non-hydrogen) atoms. The van der Waals surface area contributed by atoms with Gasteiger partial charge < -0.3 is 4.74 Å². The summed E-state index contributed by atoms with van der Waals surface area (Å²) in [4.78, 5) is 18.4. The highest BCUT2D eigenvalue weighted by Crippen LogP contribution is 2.33. The molecule has 1 amide bonds. The van der Waals surface area contributed by atoms with Crippen molar-refractivity contribution in [3.63, 3.8) is 0 Å². The van der Waals surface area contributed by atoms with Gasteiger partial charge in [-0.2, -0.15) is 0 Å². The second kappa shape index (κ2) is 5.51. The number of ether oxygens (including phenoxy) is 1. The van der Waals surface area contributed by atoms with Gasteiger partial charge >= 0.3 is 6.09 Å². The summed E-state index contributed by atoms with van der Waals surface area (Å²) in [6.07, 6.45) is 3.42. The molecule has 0 saturated carbocycles. The summed E-state index contributed by atoms with van der Waals surface area (Å²) in [6.45, 7) is 6.33. The van der Waals surface area contributed by atoms with E-state index in [1.54, 1.807) is 8.87 Å².